The van der Waals surface area contributed by atoms with Crippen molar-refractivity contribution >= 4 is 33.4 Å². The van der Waals surface area contributed by atoms with Crippen molar-refractivity contribution < 1.29 is 19.5 Å². The number of phenols is 1. The number of carbonyl (C=O) groups is 2. The Hall–Kier alpha value is -2.38. The number of carbonyl (C=O) groups excluding carboxylic acids is 2. The summed E-state index contributed by atoms with van der Waals surface area (Å²) in [5.74, 6) is -1.26. The summed E-state index contributed by atoms with van der Waals surface area (Å²) in [6.45, 7) is 4.00. The van der Waals surface area contributed by atoms with Gasteiger partial charge in [-0.2, -0.15) is 0 Å². The summed E-state index contributed by atoms with van der Waals surface area (Å²) in [6, 6.07) is 12.1. The summed E-state index contributed by atoms with van der Waals surface area (Å²) >= 11 is 3.43. The highest BCUT2D eigenvalue weighted by atomic mass is 79.9. The van der Waals surface area contributed by atoms with E-state index in [-0.39, 0.29) is 17.6 Å². The molecular weight excluding hydrogens is 412 g/mol. The van der Waals surface area contributed by atoms with Crippen LogP contribution in [0.25, 0.3) is 0 Å². The van der Waals surface area contributed by atoms with Gasteiger partial charge in [0.05, 0.1) is 11.7 Å². The van der Waals surface area contributed by atoms with Gasteiger partial charge in [0.15, 0.2) is 6.10 Å². The van der Waals surface area contributed by atoms with E-state index in [4.69, 9.17) is 4.84 Å². The molecule has 27 heavy (non-hydrogen) atoms. The Kier molecular flexibility index (Phi) is 4.44. The van der Waals surface area contributed by atoms with Crippen LogP contribution in [-0.2, 0) is 14.4 Å². The number of hydroxylamine groups is 1. The number of aryl methyl sites for hydroxylation is 1. The van der Waals surface area contributed by atoms with Crippen LogP contribution in [0.2, 0.25) is 0 Å². The number of fused-ring (bicyclic) bond motifs is 1. The molecule has 7 heteroatoms. The Balaban J connectivity index is 1.88. The molecule has 140 valence electrons. The second kappa shape index (κ2) is 6.65. The van der Waals surface area contributed by atoms with Crippen LogP contribution in [-0.4, -0.2) is 34.5 Å². The Bertz CT molecular complexity index is 932. The summed E-state index contributed by atoms with van der Waals surface area (Å²) in [6.07, 6.45) is -0.888. The number of amides is 2. The van der Waals surface area contributed by atoms with Crippen LogP contribution in [0, 0.1) is 12.8 Å². The molecule has 1 N–H and O–H groups in total. The lowest BCUT2D eigenvalue weighted by atomic mass is 9.90. The third-order valence-corrected chi connectivity index (χ3v) is 5.68. The molecule has 0 aliphatic carbocycles. The Labute approximate surface area is 165 Å². The topological polar surface area (TPSA) is 70.1 Å². The van der Waals surface area contributed by atoms with Gasteiger partial charge in [-0.3, -0.25) is 19.3 Å². The summed E-state index contributed by atoms with van der Waals surface area (Å²) in [7, 11) is 0. The lowest BCUT2D eigenvalue weighted by Crippen LogP contribution is -2.37. The highest BCUT2D eigenvalue weighted by Gasteiger charge is 2.60. The van der Waals surface area contributed by atoms with Crippen molar-refractivity contribution in [3.05, 3.63) is 58.1 Å². The maximum atomic E-state index is 13.0. The molecule has 0 saturated carbocycles. The minimum absolute atomic E-state index is 0.0567. The fraction of sp³-hybridized carbons (Fsp3) is 0.300. The minimum atomic E-state index is -0.888. The van der Waals surface area contributed by atoms with E-state index in [1.165, 1.54) is 4.90 Å². The number of rotatable bonds is 3. The molecule has 3 unspecified atom stereocenters. The third kappa shape index (κ3) is 2.73. The molecule has 2 saturated heterocycles. The van der Waals surface area contributed by atoms with Gasteiger partial charge in [-0.15, -0.1) is 0 Å². The zero-order chi connectivity index (χ0) is 19.3. The predicted molar refractivity (Wildman–Crippen MR) is 103 cm³/mol. The molecule has 0 spiro atoms. The van der Waals surface area contributed by atoms with E-state index in [9.17, 15) is 14.7 Å². The standard InChI is InChI=1S/C20H19BrN2O4/c1-3-22-19(25)16-17(13-10-12(21)8-9-15(13)24)23(27-18(16)20(22)26)14-7-5-4-6-11(14)2/h4-10,16-18,24H,3H2,1-2H3. The fourth-order valence-electron chi connectivity index (χ4n) is 3.88. The molecule has 2 aliphatic rings. The smallest absolute Gasteiger partial charge is 0.261 e. The minimum Gasteiger partial charge on any atom is -0.508 e. The number of nitrogens with zero attached hydrogens (tertiary/aromatic N) is 2. The Morgan fingerprint density at radius 1 is 1.15 bits per heavy atom. The van der Waals surface area contributed by atoms with Crippen molar-refractivity contribution in [3.63, 3.8) is 0 Å². The van der Waals surface area contributed by atoms with Gasteiger partial charge in [0, 0.05) is 16.6 Å². The molecule has 2 heterocycles. The van der Waals surface area contributed by atoms with Gasteiger partial charge in [0.1, 0.15) is 11.7 Å². The van der Waals surface area contributed by atoms with Crippen LogP contribution >= 0.6 is 15.9 Å². The molecule has 2 aromatic rings. The van der Waals surface area contributed by atoms with Crippen LogP contribution in [0.3, 0.4) is 0 Å². The van der Waals surface area contributed by atoms with Crippen molar-refractivity contribution in [1.29, 1.82) is 0 Å². The number of para-hydroxylation sites is 1. The molecular formula is C20H19BrN2O4. The lowest BCUT2D eigenvalue weighted by Gasteiger charge is -2.30. The van der Waals surface area contributed by atoms with Gasteiger partial charge in [0.2, 0.25) is 5.91 Å². The number of hydrogen-bond donors (Lipinski definition) is 1. The first-order chi connectivity index (χ1) is 12.9. The number of aromatic hydroxyl groups is 1. The number of likely N-dealkylation sites (tertiary alicyclic amines) is 1. The van der Waals surface area contributed by atoms with E-state index in [1.807, 2.05) is 31.2 Å². The van der Waals surface area contributed by atoms with E-state index in [2.05, 4.69) is 15.9 Å². The van der Waals surface area contributed by atoms with E-state index in [0.29, 0.717) is 12.1 Å². The summed E-state index contributed by atoms with van der Waals surface area (Å²) < 4.78 is 0.771. The second-order valence-corrected chi connectivity index (χ2v) is 7.65. The first-order valence-electron chi connectivity index (χ1n) is 8.79. The average molecular weight is 431 g/mol. The summed E-state index contributed by atoms with van der Waals surface area (Å²) in [4.78, 5) is 32.9. The van der Waals surface area contributed by atoms with Crippen LogP contribution in [0.15, 0.2) is 46.9 Å². The normalized spacial score (nSPS) is 24.6. The van der Waals surface area contributed by atoms with Crippen molar-refractivity contribution in [2.75, 3.05) is 11.6 Å². The molecule has 2 aromatic carbocycles. The summed E-state index contributed by atoms with van der Waals surface area (Å²) in [5.41, 5.74) is 2.25. The predicted octanol–water partition coefficient (Wildman–Crippen LogP) is 3.33. The van der Waals surface area contributed by atoms with Crippen molar-refractivity contribution in [1.82, 2.24) is 4.90 Å². The number of hydrogen-bond acceptors (Lipinski definition) is 5. The van der Waals surface area contributed by atoms with E-state index in [0.717, 1.165) is 15.7 Å². The third-order valence-electron chi connectivity index (χ3n) is 5.18. The zero-order valence-corrected chi connectivity index (χ0v) is 16.5. The van der Waals surface area contributed by atoms with E-state index < -0.39 is 18.1 Å². The maximum absolute atomic E-state index is 13.0. The molecule has 3 atom stereocenters. The Morgan fingerprint density at radius 2 is 1.89 bits per heavy atom. The average Bonchev–Trinajstić information content (AvgIpc) is 3.14. The van der Waals surface area contributed by atoms with Gasteiger partial charge >= 0.3 is 0 Å². The molecule has 6 nitrogen and oxygen atoms in total. The summed E-state index contributed by atoms with van der Waals surface area (Å²) in [5, 5.41) is 12.1. The number of halogens is 1. The second-order valence-electron chi connectivity index (χ2n) is 6.73. The van der Waals surface area contributed by atoms with Gasteiger partial charge < -0.3 is 5.11 Å². The van der Waals surface area contributed by atoms with Crippen LogP contribution in [0.4, 0.5) is 5.69 Å². The number of phenolic OH excluding ortho intramolecular Hbond substituents is 1. The monoisotopic (exact) mass is 430 g/mol. The molecule has 0 radical (unpaired) electrons. The molecule has 4 rings (SSSR count). The molecule has 2 aliphatic heterocycles. The highest BCUT2D eigenvalue weighted by Crippen LogP contribution is 2.49. The first kappa shape index (κ1) is 18.0. The highest BCUT2D eigenvalue weighted by molar-refractivity contribution is 9.10. The molecule has 0 aromatic heterocycles. The van der Waals surface area contributed by atoms with Crippen LogP contribution in [0.1, 0.15) is 24.1 Å². The number of imide groups is 1. The van der Waals surface area contributed by atoms with E-state index >= 15 is 0 Å². The molecule has 2 amide bonds. The SMILES string of the molecule is CCN1C(=O)C2ON(c3ccccc3C)C(c3cc(Br)ccc3O)C2C1=O. The van der Waals surface area contributed by atoms with Crippen molar-refractivity contribution in [3.8, 4) is 5.75 Å². The number of anilines is 1. The van der Waals surface area contributed by atoms with Crippen molar-refractivity contribution in [2.45, 2.75) is 26.0 Å². The molecule has 0 bridgehead atoms. The van der Waals surface area contributed by atoms with Gasteiger partial charge in [-0.1, -0.05) is 34.1 Å². The van der Waals surface area contributed by atoms with Gasteiger partial charge in [-0.25, -0.2) is 5.06 Å². The van der Waals surface area contributed by atoms with Crippen LogP contribution < -0.4 is 5.06 Å². The number of likely N-dealkylation sites (N-methyl/N-ethyl adjacent to an activating group) is 1. The fourth-order valence-corrected chi connectivity index (χ4v) is 4.26. The molecule has 2 fully saturated rings. The van der Waals surface area contributed by atoms with Gasteiger partial charge in [0.25, 0.3) is 5.91 Å². The first-order valence-corrected chi connectivity index (χ1v) is 9.58. The largest absolute Gasteiger partial charge is 0.508 e. The van der Waals surface area contributed by atoms with Crippen LogP contribution in [0.5, 0.6) is 5.75 Å². The maximum Gasteiger partial charge on any atom is 0.261 e. The lowest BCUT2D eigenvalue weighted by molar-refractivity contribution is -0.142. The quantitative estimate of drug-likeness (QED) is 0.756. The van der Waals surface area contributed by atoms with Gasteiger partial charge in [-0.05, 0) is 43.7 Å². The van der Waals surface area contributed by atoms with Crippen molar-refractivity contribution in [2.24, 2.45) is 5.92 Å². The Morgan fingerprint density at radius 3 is 2.59 bits per heavy atom. The number of benzene rings is 2. The zero-order valence-electron chi connectivity index (χ0n) is 14.9. The van der Waals surface area contributed by atoms with E-state index in [1.54, 1.807) is 30.2 Å².